The Morgan fingerprint density at radius 1 is 0.667 bits per heavy atom. The Morgan fingerprint density at radius 2 is 1.36 bits per heavy atom. The molecule has 0 fully saturated rings. The van der Waals surface area contributed by atoms with E-state index in [1.807, 2.05) is 0 Å². The third-order valence-corrected chi connectivity index (χ3v) is 7.12. The lowest BCUT2D eigenvalue weighted by molar-refractivity contribution is 0.590. The number of nitrogens with zero attached hydrogens (tertiary/aromatic N) is 2. The highest BCUT2D eigenvalue weighted by Crippen LogP contribution is 2.37. The van der Waals surface area contributed by atoms with Crippen molar-refractivity contribution in [2.75, 3.05) is 0 Å². The van der Waals surface area contributed by atoms with E-state index in [0.717, 1.165) is 12.8 Å². The van der Waals surface area contributed by atoms with E-state index in [9.17, 15) is 0 Å². The number of rotatable bonds is 6. The van der Waals surface area contributed by atoms with Gasteiger partial charge < -0.3 is 9.13 Å². The van der Waals surface area contributed by atoms with Crippen LogP contribution in [0.4, 0.5) is 0 Å². The monoisotopic (exact) mass is 472 g/mol. The minimum absolute atomic E-state index is 0.0469. The Balaban J connectivity index is 1.70. The van der Waals surface area contributed by atoms with Gasteiger partial charge in [-0.15, -0.1) is 0 Å². The first-order valence-corrected chi connectivity index (χ1v) is 13.0. The van der Waals surface area contributed by atoms with Crippen LogP contribution in [0, 0.1) is 0 Å². The van der Waals surface area contributed by atoms with E-state index in [4.69, 9.17) is 0 Å². The van der Waals surface area contributed by atoms with Crippen molar-refractivity contribution in [2.45, 2.75) is 46.0 Å². The third-order valence-electron chi connectivity index (χ3n) is 7.12. The fourth-order valence-electron chi connectivity index (χ4n) is 5.01. The number of hydrogen-bond donors (Lipinski definition) is 0. The number of aryl methyl sites for hydroxylation is 1. The molecule has 5 rings (SSSR count). The van der Waals surface area contributed by atoms with Gasteiger partial charge in [-0.25, -0.2) is 0 Å². The van der Waals surface area contributed by atoms with Gasteiger partial charge in [-0.1, -0.05) is 101 Å². The van der Waals surface area contributed by atoms with Crippen LogP contribution < -0.4 is 0 Å². The summed E-state index contributed by atoms with van der Waals surface area (Å²) in [4.78, 5) is 0. The van der Waals surface area contributed by atoms with Crippen molar-refractivity contribution < 1.29 is 0 Å². The normalized spacial score (nSPS) is 11.7. The van der Waals surface area contributed by atoms with E-state index in [1.54, 1.807) is 0 Å². The Hall–Kier alpha value is -3.78. The molecular formula is C34H36N2. The summed E-state index contributed by atoms with van der Waals surface area (Å²) in [6.45, 7) is 9.11. The summed E-state index contributed by atoms with van der Waals surface area (Å²) in [5.41, 5.74) is 11.4. The van der Waals surface area contributed by atoms with Crippen LogP contribution in [0.15, 0.2) is 103 Å². The molecule has 0 saturated carbocycles. The fraction of sp³-hybridized carbons (Fsp3) is 0.235. The number of aromatic nitrogens is 2. The zero-order valence-corrected chi connectivity index (χ0v) is 22.1. The van der Waals surface area contributed by atoms with Gasteiger partial charge in [-0.05, 0) is 64.4 Å². The molecule has 0 aliphatic heterocycles. The standard InChI is InChI=1S/C34H36N2/c1-6-13-29-20-21-31(35(29)5)30-18-10-11-19-32(30)36-24-28(34(2,3)4)23-33(36)27-17-12-16-26(22-27)25-14-8-7-9-15-25/h7-12,14-24H,6,13H2,1-5H3. The lowest BCUT2D eigenvalue weighted by atomic mass is 9.89. The van der Waals surface area contributed by atoms with Crippen LogP contribution in [-0.4, -0.2) is 9.13 Å². The van der Waals surface area contributed by atoms with Gasteiger partial charge in [0.2, 0.25) is 0 Å². The maximum atomic E-state index is 2.40. The summed E-state index contributed by atoms with van der Waals surface area (Å²) < 4.78 is 4.75. The first kappa shape index (κ1) is 23.9. The second kappa shape index (κ2) is 9.70. The SMILES string of the molecule is CCCc1ccc(-c2ccccc2-n2cc(C(C)(C)C)cc2-c2cccc(-c3ccccc3)c2)n1C. The van der Waals surface area contributed by atoms with Crippen LogP contribution in [0.5, 0.6) is 0 Å². The summed E-state index contributed by atoms with van der Waals surface area (Å²) in [6.07, 6.45) is 4.57. The largest absolute Gasteiger partial charge is 0.348 e. The van der Waals surface area contributed by atoms with Crippen molar-refractivity contribution in [3.63, 3.8) is 0 Å². The van der Waals surface area contributed by atoms with Crippen LogP contribution >= 0.6 is 0 Å². The van der Waals surface area contributed by atoms with E-state index < -0.39 is 0 Å². The maximum absolute atomic E-state index is 2.40. The van der Waals surface area contributed by atoms with Gasteiger partial charge in [0, 0.05) is 24.5 Å². The zero-order chi connectivity index (χ0) is 25.3. The molecule has 0 spiro atoms. The average Bonchev–Trinajstić information content (AvgIpc) is 3.49. The molecule has 0 atom stereocenters. The van der Waals surface area contributed by atoms with Crippen molar-refractivity contribution in [3.8, 4) is 39.3 Å². The van der Waals surface area contributed by atoms with Gasteiger partial charge in [0.1, 0.15) is 0 Å². The molecule has 5 aromatic rings. The molecule has 36 heavy (non-hydrogen) atoms. The van der Waals surface area contributed by atoms with Crippen molar-refractivity contribution in [2.24, 2.45) is 7.05 Å². The predicted molar refractivity (Wildman–Crippen MR) is 154 cm³/mol. The lowest BCUT2D eigenvalue weighted by Gasteiger charge is -2.17. The Kier molecular flexibility index (Phi) is 6.45. The maximum Gasteiger partial charge on any atom is 0.0549 e. The first-order valence-electron chi connectivity index (χ1n) is 13.0. The van der Waals surface area contributed by atoms with Crippen molar-refractivity contribution >= 4 is 0 Å². The highest BCUT2D eigenvalue weighted by atomic mass is 15.0. The van der Waals surface area contributed by atoms with Gasteiger partial charge in [0.15, 0.2) is 0 Å². The highest BCUT2D eigenvalue weighted by Gasteiger charge is 2.21. The highest BCUT2D eigenvalue weighted by molar-refractivity contribution is 5.77. The van der Waals surface area contributed by atoms with Crippen molar-refractivity contribution in [1.29, 1.82) is 0 Å². The van der Waals surface area contributed by atoms with Crippen molar-refractivity contribution in [3.05, 3.63) is 115 Å². The molecular weight excluding hydrogens is 436 g/mol. The molecule has 2 aromatic heterocycles. The lowest BCUT2D eigenvalue weighted by Crippen LogP contribution is -2.09. The fourth-order valence-corrected chi connectivity index (χ4v) is 5.01. The quantitative estimate of drug-likeness (QED) is 0.233. The Bertz CT molecular complexity index is 1480. The number of benzene rings is 3. The van der Waals surface area contributed by atoms with E-state index in [1.165, 1.54) is 50.6 Å². The number of para-hydroxylation sites is 1. The van der Waals surface area contributed by atoms with Gasteiger partial charge in [-0.2, -0.15) is 0 Å². The Morgan fingerprint density at radius 3 is 2.11 bits per heavy atom. The molecule has 182 valence electrons. The molecule has 0 saturated heterocycles. The smallest absolute Gasteiger partial charge is 0.0549 e. The minimum Gasteiger partial charge on any atom is -0.348 e. The zero-order valence-electron chi connectivity index (χ0n) is 22.1. The topological polar surface area (TPSA) is 9.86 Å². The van der Waals surface area contributed by atoms with E-state index in [0.29, 0.717) is 0 Å². The molecule has 0 unspecified atom stereocenters. The molecule has 2 heteroatoms. The van der Waals surface area contributed by atoms with E-state index in [2.05, 4.69) is 147 Å². The van der Waals surface area contributed by atoms with Crippen LogP contribution in [0.3, 0.4) is 0 Å². The van der Waals surface area contributed by atoms with Crippen molar-refractivity contribution in [1.82, 2.24) is 9.13 Å². The first-order chi connectivity index (χ1) is 17.4. The second-order valence-corrected chi connectivity index (χ2v) is 10.7. The Labute approximate surface area is 215 Å². The van der Waals surface area contributed by atoms with E-state index in [-0.39, 0.29) is 5.41 Å². The van der Waals surface area contributed by atoms with Gasteiger partial charge >= 0.3 is 0 Å². The molecule has 0 amide bonds. The number of hydrogen-bond acceptors (Lipinski definition) is 0. The summed E-state index contributed by atoms with van der Waals surface area (Å²) in [7, 11) is 2.19. The summed E-state index contributed by atoms with van der Waals surface area (Å²) in [6, 6.07) is 35.3. The van der Waals surface area contributed by atoms with E-state index >= 15 is 0 Å². The molecule has 2 heterocycles. The predicted octanol–water partition coefficient (Wildman–Crippen LogP) is 9.07. The molecule has 0 N–H and O–H groups in total. The average molecular weight is 473 g/mol. The van der Waals surface area contributed by atoms with Crippen LogP contribution in [0.25, 0.3) is 39.3 Å². The van der Waals surface area contributed by atoms with Crippen LogP contribution in [0.2, 0.25) is 0 Å². The molecule has 0 aliphatic carbocycles. The third kappa shape index (κ3) is 4.56. The summed E-state index contributed by atoms with van der Waals surface area (Å²) in [5, 5.41) is 0. The van der Waals surface area contributed by atoms with Crippen LogP contribution in [-0.2, 0) is 18.9 Å². The summed E-state index contributed by atoms with van der Waals surface area (Å²) >= 11 is 0. The molecule has 2 nitrogen and oxygen atoms in total. The minimum atomic E-state index is 0.0469. The molecule has 3 aromatic carbocycles. The molecule has 0 radical (unpaired) electrons. The van der Waals surface area contributed by atoms with Gasteiger partial charge in [-0.3, -0.25) is 0 Å². The van der Waals surface area contributed by atoms with Gasteiger partial charge in [0.05, 0.1) is 17.1 Å². The second-order valence-electron chi connectivity index (χ2n) is 10.7. The molecule has 0 aliphatic rings. The van der Waals surface area contributed by atoms with Crippen LogP contribution in [0.1, 0.15) is 45.4 Å². The van der Waals surface area contributed by atoms with Gasteiger partial charge in [0.25, 0.3) is 0 Å². The summed E-state index contributed by atoms with van der Waals surface area (Å²) in [5.74, 6) is 0. The molecule has 0 bridgehead atoms.